The number of hydrogen-bond donors (Lipinski definition) is 0. The third-order valence-electron chi connectivity index (χ3n) is 3.81. The molecule has 0 saturated carbocycles. The van der Waals surface area contributed by atoms with Crippen LogP contribution in [-0.2, 0) is 9.53 Å². The Labute approximate surface area is 162 Å². The zero-order valence-electron chi connectivity index (χ0n) is 15.7. The Bertz CT molecular complexity index is 925. The average Bonchev–Trinajstić information content (AvgIpc) is 2.75. The molecule has 0 unspecified atom stereocenters. The lowest BCUT2D eigenvalue weighted by Crippen LogP contribution is -2.16. The van der Waals surface area contributed by atoms with Gasteiger partial charge in [0.1, 0.15) is 28.9 Å². The zero-order valence-corrected chi connectivity index (χ0v) is 15.7. The molecule has 0 amide bonds. The van der Waals surface area contributed by atoms with Crippen molar-refractivity contribution in [3.05, 3.63) is 59.2 Å². The van der Waals surface area contributed by atoms with E-state index in [1.54, 1.807) is 42.5 Å². The second-order valence-corrected chi connectivity index (χ2v) is 5.51. The smallest absolute Gasteiger partial charge is 0.349 e. The van der Waals surface area contributed by atoms with Gasteiger partial charge in [-0.1, -0.05) is 12.1 Å². The molecule has 0 aliphatic heterocycles. The molecule has 0 aliphatic rings. The van der Waals surface area contributed by atoms with E-state index >= 15 is 0 Å². The Hall–Kier alpha value is -3.79. The van der Waals surface area contributed by atoms with Gasteiger partial charge in [0.05, 0.1) is 26.9 Å². The molecule has 144 valence electrons. The quantitative estimate of drug-likeness (QED) is 0.300. The van der Waals surface area contributed by atoms with E-state index in [1.807, 2.05) is 0 Å². The number of hydrogen-bond acceptors (Lipinski definition) is 7. The van der Waals surface area contributed by atoms with Crippen LogP contribution in [0.4, 0.5) is 0 Å². The summed E-state index contributed by atoms with van der Waals surface area (Å²) in [6, 6.07) is 13.2. The molecule has 2 aromatic rings. The molecule has 7 heteroatoms. The van der Waals surface area contributed by atoms with Crippen LogP contribution in [0.1, 0.15) is 15.9 Å². The molecule has 0 saturated heterocycles. The summed E-state index contributed by atoms with van der Waals surface area (Å²) in [6.45, 7) is -0.525. The number of nitrogens with zero attached hydrogens (tertiary/aromatic N) is 1. The lowest BCUT2D eigenvalue weighted by molar-refractivity contribution is -0.137. The molecule has 0 heterocycles. The van der Waals surface area contributed by atoms with Crippen molar-refractivity contribution in [1.29, 1.82) is 5.26 Å². The van der Waals surface area contributed by atoms with Crippen LogP contribution in [0, 0.1) is 11.3 Å². The Morgan fingerprint density at radius 3 is 2.18 bits per heavy atom. The largest absolute Gasteiger partial charge is 0.497 e. The summed E-state index contributed by atoms with van der Waals surface area (Å²) < 4.78 is 20.3. The molecule has 2 aromatic carbocycles. The van der Waals surface area contributed by atoms with E-state index in [0.717, 1.165) is 0 Å². The number of carbonyl (C=O) groups is 2. The number of ether oxygens (including phenoxy) is 4. The molecule has 28 heavy (non-hydrogen) atoms. The highest BCUT2D eigenvalue weighted by Crippen LogP contribution is 2.25. The minimum absolute atomic E-state index is 0.223. The number of carbonyl (C=O) groups excluding carboxylic acids is 2. The van der Waals surface area contributed by atoms with E-state index in [-0.39, 0.29) is 11.1 Å². The third kappa shape index (κ3) is 5.11. The number of esters is 1. The molecular formula is C21H19NO6. The van der Waals surface area contributed by atoms with Crippen molar-refractivity contribution in [3.63, 3.8) is 0 Å². The molecule has 0 aromatic heterocycles. The van der Waals surface area contributed by atoms with Crippen LogP contribution in [0.3, 0.4) is 0 Å². The molecule has 0 spiro atoms. The molecule has 0 radical (unpaired) electrons. The van der Waals surface area contributed by atoms with E-state index in [9.17, 15) is 14.9 Å². The molecule has 0 N–H and O–H groups in total. The molecule has 0 fully saturated rings. The van der Waals surface area contributed by atoms with Gasteiger partial charge in [0.15, 0.2) is 6.61 Å². The van der Waals surface area contributed by atoms with Gasteiger partial charge < -0.3 is 18.9 Å². The predicted octanol–water partition coefficient (Wildman–Crippen LogP) is 3.05. The SMILES string of the molecule is COc1ccc(/C=C(\C#N)C(=O)OCC(=O)c2ccc(OC)cc2OC)cc1. The second kappa shape index (κ2) is 9.78. The maximum Gasteiger partial charge on any atom is 0.349 e. The van der Waals surface area contributed by atoms with Gasteiger partial charge >= 0.3 is 5.97 Å². The van der Waals surface area contributed by atoms with Crippen molar-refractivity contribution < 1.29 is 28.5 Å². The molecular weight excluding hydrogens is 362 g/mol. The van der Waals surface area contributed by atoms with Crippen molar-refractivity contribution in [3.8, 4) is 23.3 Å². The maximum atomic E-state index is 12.4. The van der Waals surface area contributed by atoms with Crippen LogP contribution in [0.5, 0.6) is 17.2 Å². The molecule has 2 rings (SSSR count). The Morgan fingerprint density at radius 1 is 0.964 bits per heavy atom. The van der Waals surface area contributed by atoms with Crippen molar-refractivity contribution in [2.24, 2.45) is 0 Å². The summed E-state index contributed by atoms with van der Waals surface area (Å²) in [5.74, 6) is 0.125. The second-order valence-electron chi connectivity index (χ2n) is 5.51. The topological polar surface area (TPSA) is 94.8 Å². The van der Waals surface area contributed by atoms with Gasteiger partial charge in [-0.3, -0.25) is 4.79 Å². The molecule has 7 nitrogen and oxygen atoms in total. The first-order valence-electron chi connectivity index (χ1n) is 8.20. The number of Topliss-reactive ketones (excluding diaryl/α,β-unsaturated/α-hetero) is 1. The van der Waals surface area contributed by atoms with Crippen LogP contribution >= 0.6 is 0 Å². The zero-order chi connectivity index (χ0) is 20.5. The lowest BCUT2D eigenvalue weighted by atomic mass is 10.1. The highest BCUT2D eigenvalue weighted by Gasteiger charge is 2.17. The van der Waals surface area contributed by atoms with Crippen LogP contribution in [0.25, 0.3) is 6.08 Å². The van der Waals surface area contributed by atoms with E-state index in [2.05, 4.69) is 0 Å². The minimum atomic E-state index is -0.890. The van der Waals surface area contributed by atoms with Gasteiger partial charge in [0.2, 0.25) is 5.78 Å². The normalized spacial score (nSPS) is 10.6. The fraction of sp³-hybridized carbons (Fsp3) is 0.190. The van der Waals surface area contributed by atoms with E-state index < -0.39 is 18.4 Å². The van der Waals surface area contributed by atoms with Crippen molar-refractivity contribution >= 4 is 17.8 Å². The van der Waals surface area contributed by atoms with Crippen LogP contribution < -0.4 is 14.2 Å². The predicted molar refractivity (Wildman–Crippen MR) is 101 cm³/mol. The van der Waals surface area contributed by atoms with Crippen LogP contribution in [-0.4, -0.2) is 39.7 Å². The summed E-state index contributed by atoms with van der Waals surface area (Å²) in [4.78, 5) is 24.5. The van der Waals surface area contributed by atoms with Crippen molar-refractivity contribution in [2.75, 3.05) is 27.9 Å². The van der Waals surface area contributed by atoms with Gasteiger partial charge in [-0.2, -0.15) is 5.26 Å². The van der Waals surface area contributed by atoms with Crippen LogP contribution in [0.15, 0.2) is 48.0 Å². The van der Waals surface area contributed by atoms with Gasteiger partial charge in [0.25, 0.3) is 0 Å². The Balaban J connectivity index is 2.08. The third-order valence-corrected chi connectivity index (χ3v) is 3.81. The van der Waals surface area contributed by atoms with Crippen molar-refractivity contribution in [2.45, 2.75) is 0 Å². The Kier molecular flexibility index (Phi) is 7.17. The fourth-order valence-corrected chi connectivity index (χ4v) is 2.32. The standard InChI is InChI=1S/C21H19NO6/c1-25-16-6-4-14(5-7-16)10-15(12-22)21(24)28-13-19(23)18-9-8-17(26-2)11-20(18)27-3/h4-11H,13H2,1-3H3/b15-10+. The van der Waals surface area contributed by atoms with Crippen molar-refractivity contribution in [1.82, 2.24) is 0 Å². The molecule has 0 bridgehead atoms. The van der Waals surface area contributed by atoms with E-state index in [1.165, 1.54) is 33.5 Å². The van der Waals surface area contributed by atoms with Gasteiger partial charge in [-0.15, -0.1) is 0 Å². The number of benzene rings is 2. The lowest BCUT2D eigenvalue weighted by Gasteiger charge is -2.10. The summed E-state index contributed by atoms with van der Waals surface area (Å²) in [7, 11) is 4.46. The highest BCUT2D eigenvalue weighted by atomic mass is 16.5. The fourth-order valence-electron chi connectivity index (χ4n) is 2.32. The van der Waals surface area contributed by atoms with Gasteiger partial charge in [-0.25, -0.2) is 4.79 Å². The summed E-state index contributed by atoms with van der Waals surface area (Å²) in [5, 5.41) is 9.22. The number of rotatable bonds is 8. The van der Waals surface area contributed by atoms with E-state index in [4.69, 9.17) is 18.9 Å². The summed E-state index contributed by atoms with van der Waals surface area (Å²) in [5.41, 5.74) is 0.644. The highest BCUT2D eigenvalue weighted by molar-refractivity contribution is 6.03. The summed E-state index contributed by atoms with van der Waals surface area (Å²) in [6.07, 6.45) is 1.38. The number of ketones is 1. The van der Waals surface area contributed by atoms with Gasteiger partial charge in [0, 0.05) is 6.07 Å². The number of methoxy groups -OCH3 is 3. The summed E-state index contributed by atoms with van der Waals surface area (Å²) >= 11 is 0. The first-order valence-corrected chi connectivity index (χ1v) is 8.20. The average molecular weight is 381 g/mol. The van der Waals surface area contributed by atoms with Gasteiger partial charge in [-0.05, 0) is 35.9 Å². The van der Waals surface area contributed by atoms with E-state index in [0.29, 0.717) is 22.8 Å². The number of nitriles is 1. The molecule has 0 aliphatic carbocycles. The Morgan fingerprint density at radius 2 is 1.61 bits per heavy atom. The first kappa shape index (κ1) is 20.5. The minimum Gasteiger partial charge on any atom is -0.497 e. The monoisotopic (exact) mass is 381 g/mol. The first-order chi connectivity index (χ1) is 13.5. The molecule has 0 atom stereocenters. The van der Waals surface area contributed by atoms with Crippen LogP contribution in [0.2, 0.25) is 0 Å². The maximum absolute atomic E-state index is 12.4.